The lowest BCUT2D eigenvalue weighted by Crippen LogP contribution is -2.39. The summed E-state index contributed by atoms with van der Waals surface area (Å²) in [6, 6.07) is 6.68. The SMILES string of the molecule is CCCCn1c(=O)c(CCC(=O)OCC(=O)NC(=O)NC)nc2ccccc21. The van der Waals surface area contributed by atoms with Crippen LogP contribution in [0.1, 0.15) is 31.9 Å². The number of carbonyl (C=O) groups is 3. The van der Waals surface area contributed by atoms with Crippen LogP contribution in [0.25, 0.3) is 11.0 Å². The number of rotatable bonds is 8. The normalized spacial score (nSPS) is 10.5. The number of benzene rings is 1. The summed E-state index contributed by atoms with van der Waals surface area (Å²) < 4.78 is 6.51. The van der Waals surface area contributed by atoms with Gasteiger partial charge < -0.3 is 14.6 Å². The molecule has 0 fully saturated rings. The fourth-order valence-corrected chi connectivity index (χ4v) is 2.61. The molecular formula is C19H24N4O5. The van der Waals surface area contributed by atoms with Gasteiger partial charge in [-0.1, -0.05) is 25.5 Å². The number of hydrogen-bond acceptors (Lipinski definition) is 6. The minimum Gasteiger partial charge on any atom is -0.456 e. The molecule has 9 nitrogen and oxygen atoms in total. The molecule has 0 saturated carbocycles. The van der Waals surface area contributed by atoms with Crippen LogP contribution in [0.15, 0.2) is 29.1 Å². The second-order valence-electron chi connectivity index (χ2n) is 6.15. The van der Waals surface area contributed by atoms with Gasteiger partial charge in [0.15, 0.2) is 6.61 Å². The van der Waals surface area contributed by atoms with Crippen LogP contribution in [0.3, 0.4) is 0 Å². The van der Waals surface area contributed by atoms with Crippen molar-refractivity contribution in [2.45, 2.75) is 39.2 Å². The Morgan fingerprint density at radius 1 is 1.21 bits per heavy atom. The van der Waals surface area contributed by atoms with Crippen molar-refractivity contribution in [3.05, 3.63) is 40.3 Å². The van der Waals surface area contributed by atoms with Crippen molar-refractivity contribution < 1.29 is 19.1 Å². The zero-order valence-electron chi connectivity index (χ0n) is 16.0. The summed E-state index contributed by atoms with van der Waals surface area (Å²) in [6.45, 7) is 2.05. The van der Waals surface area contributed by atoms with Gasteiger partial charge in [-0.15, -0.1) is 0 Å². The number of aromatic nitrogens is 2. The Kier molecular flexibility index (Phi) is 7.67. The minimum atomic E-state index is -0.738. The van der Waals surface area contributed by atoms with Crippen LogP contribution < -0.4 is 16.2 Å². The van der Waals surface area contributed by atoms with Crippen molar-refractivity contribution in [1.29, 1.82) is 0 Å². The third-order valence-electron chi connectivity index (χ3n) is 4.07. The fraction of sp³-hybridized carbons (Fsp3) is 0.421. The molecular weight excluding hydrogens is 364 g/mol. The summed E-state index contributed by atoms with van der Waals surface area (Å²) in [7, 11) is 1.36. The van der Waals surface area contributed by atoms with E-state index in [1.807, 2.05) is 36.5 Å². The minimum absolute atomic E-state index is 0.0956. The van der Waals surface area contributed by atoms with Crippen LogP contribution in [-0.2, 0) is 27.3 Å². The summed E-state index contributed by atoms with van der Waals surface area (Å²) in [6.07, 6.45) is 1.81. The van der Waals surface area contributed by atoms with Crippen LogP contribution >= 0.6 is 0 Å². The number of carbonyl (C=O) groups excluding carboxylic acids is 3. The number of hydrogen-bond donors (Lipinski definition) is 2. The molecule has 0 saturated heterocycles. The highest BCUT2D eigenvalue weighted by Crippen LogP contribution is 2.12. The second-order valence-corrected chi connectivity index (χ2v) is 6.15. The standard InChI is InChI=1S/C19H24N4O5/c1-3-4-11-23-15-8-6-5-7-13(15)21-14(18(23)26)9-10-17(25)28-12-16(24)22-19(27)20-2/h5-8H,3-4,9-12H2,1-2H3,(H2,20,22,24,27). The Morgan fingerprint density at radius 3 is 2.68 bits per heavy atom. The van der Waals surface area contributed by atoms with Crippen molar-refractivity contribution in [2.24, 2.45) is 0 Å². The molecule has 0 bridgehead atoms. The van der Waals surface area contributed by atoms with E-state index >= 15 is 0 Å². The Labute approximate surface area is 162 Å². The largest absolute Gasteiger partial charge is 0.456 e. The molecule has 28 heavy (non-hydrogen) atoms. The molecule has 2 aromatic rings. The number of amides is 3. The molecule has 1 aromatic heterocycles. The summed E-state index contributed by atoms with van der Waals surface area (Å²) in [5, 5.41) is 4.20. The Morgan fingerprint density at radius 2 is 1.96 bits per heavy atom. The number of nitrogens with one attached hydrogen (secondary N) is 2. The van der Waals surface area contributed by atoms with Crippen molar-refractivity contribution in [1.82, 2.24) is 20.2 Å². The Bertz CT molecular complexity index is 922. The summed E-state index contributed by atoms with van der Waals surface area (Å²) in [4.78, 5) is 51.4. The molecule has 0 atom stereocenters. The summed E-state index contributed by atoms with van der Waals surface area (Å²) >= 11 is 0. The van der Waals surface area contributed by atoms with Gasteiger partial charge in [0.2, 0.25) is 0 Å². The maximum absolute atomic E-state index is 12.8. The third-order valence-corrected chi connectivity index (χ3v) is 4.07. The zero-order valence-corrected chi connectivity index (χ0v) is 16.0. The molecule has 0 aliphatic carbocycles. The second kappa shape index (κ2) is 10.2. The first-order valence-electron chi connectivity index (χ1n) is 9.12. The van der Waals surface area contributed by atoms with Gasteiger partial charge in [0.25, 0.3) is 11.5 Å². The van der Waals surface area contributed by atoms with Gasteiger partial charge in [0.05, 0.1) is 17.5 Å². The number of ether oxygens (including phenoxy) is 1. The molecule has 0 radical (unpaired) electrons. The van der Waals surface area contributed by atoms with E-state index in [1.165, 1.54) is 7.05 Å². The lowest BCUT2D eigenvalue weighted by molar-refractivity contribution is -0.148. The lowest BCUT2D eigenvalue weighted by atomic mass is 10.2. The first-order chi connectivity index (χ1) is 13.5. The van der Waals surface area contributed by atoms with Gasteiger partial charge >= 0.3 is 12.0 Å². The molecule has 0 aliphatic heterocycles. The predicted molar refractivity (Wildman–Crippen MR) is 103 cm³/mol. The van der Waals surface area contributed by atoms with Crippen molar-refractivity contribution in [2.75, 3.05) is 13.7 Å². The van der Waals surface area contributed by atoms with Gasteiger partial charge in [-0.2, -0.15) is 0 Å². The van der Waals surface area contributed by atoms with Crippen molar-refractivity contribution in [3.8, 4) is 0 Å². The fourth-order valence-electron chi connectivity index (χ4n) is 2.61. The van der Waals surface area contributed by atoms with E-state index in [-0.39, 0.29) is 24.1 Å². The first-order valence-corrected chi connectivity index (χ1v) is 9.12. The quantitative estimate of drug-likeness (QED) is 0.654. The number of urea groups is 1. The highest BCUT2D eigenvalue weighted by molar-refractivity contribution is 5.95. The average Bonchev–Trinajstić information content (AvgIpc) is 2.70. The maximum atomic E-state index is 12.8. The molecule has 0 spiro atoms. The van der Waals surface area contributed by atoms with E-state index in [0.717, 1.165) is 18.4 Å². The molecule has 1 heterocycles. The molecule has 0 unspecified atom stereocenters. The summed E-state index contributed by atoms with van der Waals surface area (Å²) in [5.41, 5.74) is 1.50. The van der Waals surface area contributed by atoms with Crippen molar-refractivity contribution in [3.63, 3.8) is 0 Å². The number of aryl methyl sites for hydroxylation is 2. The smallest absolute Gasteiger partial charge is 0.321 e. The van der Waals surface area contributed by atoms with Gasteiger partial charge in [-0.05, 0) is 18.6 Å². The first kappa shape index (κ1) is 21.1. The number of para-hydroxylation sites is 2. The lowest BCUT2D eigenvalue weighted by Gasteiger charge is -2.12. The Balaban J connectivity index is 2.04. The van der Waals surface area contributed by atoms with Crippen LogP contribution in [0.4, 0.5) is 4.79 Å². The highest BCUT2D eigenvalue weighted by Gasteiger charge is 2.14. The van der Waals surface area contributed by atoms with E-state index in [9.17, 15) is 19.2 Å². The van der Waals surface area contributed by atoms with Gasteiger partial charge in [0, 0.05) is 20.0 Å². The molecule has 150 valence electrons. The van der Waals surface area contributed by atoms with Crippen LogP contribution in [-0.4, -0.2) is 41.1 Å². The van der Waals surface area contributed by atoms with Gasteiger partial charge in [-0.3, -0.25) is 19.7 Å². The zero-order chi connectivity index (χ0) is 20.5. The number of nitrogens with zero attached hydrogens (tertiary/aromatic N) is 2. The number of imide groups is 1. The van der Waals surface area contributed by atoms with E-state index in [4.69, 9.17) is 4.74 Å². The average molecular weight is 388 g/mol. The highest BCUT2D eigenvalue weighted by atomic mass is 16.5. The maximum Gasteiger partial charge on any atom is 0.321 e. The number of esters is 1. The molecule has 9 heteroatoms. The van der Waals surface area contributed by atoms with Gasteiger partial charge in [-0.25, -0.2) is 9.78 Å². The monoisotopic (exact) mass is 388 g/mol. The summed E-state index contributed by atoms with van der Waals surface area (Å²) in [5.74, 6) is -1.39. The molecule has 2 N–H and O–H groups in total. The van der Waals surface area contributed by atoms with Crippen LogP contribution in [0.2, 0.25) is 0 Å². The van der Waals surface area contributed by atoms with Gasteiger partial charge in [0.1, 0.15) is 5.69 Å². The van der Waals surface area contributed by atoms with Crippen LogP contribution in [0.5, 0.6) is 0 Å². The van der Waals surface area contributed by atoms with E-state index in [0.29, 0.717) is 12.1 Å². The third kappa shape index (κ3) is 5.63. The predicted octanol–water partition coefficient (Wildman–Crippen LogP) is 1.13. The molecule has 3 amide bonds. The van der Waals surface area contributed by atoms with Crippen LogP contribution in [0, 0.1) is 0 Å². The molecule has 2 rings (SSSR count). The Hall–Kier alpha value is -3.23. The topological polar surface area (TPSA) is 119 Å². The van der Waals surface area contributed by atoms with E-state index < -0.39 is 24.5 Å². The van der Waals surface area contributed by atoms with E-state index in [1.54, 1.807) is 4.57 Å². The number of unbranched alkanes of at least 4 members (excludes halogenated alkanes) is 1. The molecule has 1 aromatic carbocycles. The van der Waals surface area contributed by atoms with E-state index in [2.05, 4.69) is 10.3 Å². The van der Waals surface area contributed by atoms with Crippen molar-refractivity contribution >= 4 is 28.9 Å². The molecule has 0 aliphatic rings. The number of fused-ring (bicyclic) bond motifs is 1.